The molecule has 4 atom stereocenters. The molecule has 0 spiro atoms. The summed E-state index contributed by atoms with van der Waals surface area (Å²) in [6, 6.07) is 0.617. The second kappa shape index (κ2) is 4.19. The van der Waals surface area contributed by atoms with Crippen molar-refractivity contribution in [3.8, 4) is 0 Å². The van der Waals surface area contributed by atoms with E-state index in [1.54, 1.807) is 0 Å². The van der Waals surface area contributed by atoms with Crippen LogP contribution >= 0.6 is 0 Å². The van der Waals surface area contributed by atoms with Crippen molar-refractivity contribution in [2.24, 2.45) is 5.92 Å². The van der Waals surface area contributed by atoms with Crippen molar-refractivity contribution < 1.29 is 4.74 Å². The lowest BCUT2D eigenvalue weighted by Crippen LogP contribution is -2.69. The summed E-state index contributed by atoms with van der Waals surface area (Å²) in [7, 11) is 0. The fourth-order valence-corrected chi connectivity index (χ4v) is 3.94. The summed E-state index contributed by atoms with van der Waals surface area (Å²) in [6.45, 7) is 12.7. The monoisotopic (exact) mass is 252 g/mol. The van der Waals surface area contributed by atoms with Crippen LogP contribution in [0.5, 0.6) is 0 Å². The molecule has 1 aliphatic carbocycles. The van der Waals surface area contributed by atoms with Gasteiger partial charge in [-0.15, -0.1) is 0 Å². The first-order chi connectivity index (χ1) is 8.46. The molecule has 3 aliphatic rings. The predicted molar refractivity (Wildman–Crippen MR) is 73.7 cm³/mol. The lowest BCUT2D eigenvalue weighted by Gasteiger charge is -2.53. The molecule has 3 nitrogen and oxygen atoms in total. The largest absolute Gasteiger partial charge is 0.377 e. The Labute approximate surface area is 111 Å². The van der Waals surface area contributed by atoms with Gasteiger partial charge in [-0.25, -0.2) is 0 Å². The molecule has 4 unspecified atom stereocenters. The van der Waals surface area contributed by atoms with Crippen molar-refractivity contribution in [3.63, 3.8) is 0 Å². The molecule has 2 saturated heterocycles. The molecule has 0 radical (unpaired) electrons. The number of rotatable bonds is 2. The van der Waals surface area contributed by atoms with Crippen molar-refractivity contribution in [3.05, 3.63) is 0 Å². The van der Waals surface area contributed by atoms with Crippen LogP contribution < -0.4 is 5.32 Å². The number of nitrogens with one attached hydrogen (secondary N) is 1. The molecule has 18 heavy (non-hydrogen) atoms. The molecule has 2 aliphatic heterocycles. The number of hydrogen-bond acceptors (Lipinski definition) is 3. The van der Waals surface area contributed by atoms with E-state index in [1.807, 2.05) is 0 Å². The Bertz CT molecular complexity index is 330. The van der Waals surface area contributed by atoms with Crippen LogP contribution in [-0.2, 0) is 4.74 Å². The highest BCUT2D eigenvalue weighted by atomic mass is 16.5. The zero-order valence-corrected chi connectivity index (χ0v) is 12.3. The van der Waals surface area contributed by atoms with E-state index in [9.17, 15) is 0 Å². The van der Waals surface area contributed by atoms with Gasteiger partial charge in [-0.3, -0.25) is 4.90 Å². The van der Waals surface area contributed by atoms with Gasteiger partial charge in [-0.05, 0) is 52.9 Å². The van der Waals surface area contributed by atoms with Crippen LogP contribution in [0.25, 0.3) is 0 Å². The van der Waals surface area contributed by atoms with Gasteiger partial charge in [0.25, 0.3) is 0 Å². The third-order valence-corrected chi connectivity index (χ3v) is 5.82. The van der Waals surface area contributed by atoms with Gasteiger partial charge in [-0.1, -0.05) is 0 Å². The lowest BCUT2D eigenvalue weighted by atomic mass is 9.84. The van der Waals surface area contributed by atoms with Gasteiger partial charge >= 0.3 is 0 Å². The van der Waals surface area contributed by atoms with Crippen molar-refractivity contribution in [1.29, 1.82) is 0 Å². The Morgan fingerprint density at radius 1 is 1.22 bits per heavy atom. The third kappa shape index (κ3) is 1.91. The fraction of sp³-hybridized carbons (Fsp3) is 1.00. The molecule has 2 heterocycles. The van der Waals surface area contributed by atoms with Gasteiger partial charge in [-0.2, -0.15) is 0 Å². The maximum absolute atomic E-state index is 5.85. The van der Waals surface area contributed by atoms with Crippen LogP contribution in [0, 0.1) is 5.92 Å². The normalized spacial score (nSPS) is 50.7. The third-order valence-electron chi connectivity index (χ3n) is 5.82. The molecule has 3 rings (SSSR count). The predicted octanol–water partition coefficient (Wildman–Crippen LogP) is 2.02. The summed E-state index contributed by atoms with van der Waals surface area (Å²) in [4.78, 5) is 2.74. The Hall–Kier alpha value is -0.120. The summed E-state index contributed by atoms with van der Waals surface area (Å²) in [6.07, 6.45) is 4.36. The number of hydrogen-bond donors (Lipinski definition) is 1. The molecule has 0 bridgehead atoms. The van der Waals surface area contributed by atoms with Crippen LogP contribution in [0.3, 0.4) is 0 Å². The minimum atomic E-state index is 0.234. The van der Waals surface area contributed by atoms with Gasteiger partial charge in [0.1, 0.15) is 0 Å². The standard InChI is InChI=1S/C15H28N2O/c1-11-9-16-14(3,13-5-6-13)10-17(11)15(4)7-8-18-12(15)2/h11-13,16H,5-10H2,1-4H3. The molecule has 0 aromatic carbocycles. The maximum atomic E-state index is 5.85. The van der Waals surface area contributed by atoms with Gasteiger partial charge < -0.3 is 10.1 Å². The zero-order valence-electron chi connectivity index (χ0n) is 12.3. The van der Waals surface area contributed by atoms with E-state index in [0.717, 1.165) is 19.1 Å². The van der Waals surface area contributed by atoms with Crippen LogP contribution in [0.15, 0.2) is 0 Å². The van der Waals surface area contributed by atoms with E-state index in [0.29, 0.717) is 17.7 Å². The maximum Gasteiger partial charge on any atom is 0.0728 e. The lowest BCUT2D eigenvalue weighted by molar-refractivity contribution is -0.0391. The summed E-state index contributed by atoms with van der Waals surface area (Å²) >= 11 is 0. The topological polar surface area (TPSA) is 24.5 Å². The molecule has 3 fully saturated rings. The Morgan fingerprint density at radius 3 is 2.50 bits per heavy atom. The second-order valence-electron chi connectivity index (χ2n) is 7.17. The van der Waals surface area contributed by atoms with E-state index < -0.39 is 0 Å². The van der Waals surface area contributed by atoms with Crippen molar-refractivity contribution in [1.82, 2.24) is 10.2 Å². The van der Waals surface area contributed by atoms with Crippen molar-refractivity contribution in [2.45, 2.75) is 70.2 Å². The van der Waals surface area contributed by atoms with E-state index in [4.69, 9.17) is 4.74 Å². The van der Waals surface area contributed by atoms with Crippen molar-refractivity contribution in [2.75, 3.05) is 19.7 Å². The summed E-state index contributed by atoms with van der Waals surface area (Å²) < 4.78 is 5.85. The molecule has 0 aromatic heterocycles. The molecule has 0 aromatic rings. The molecule has 104 valence electrons. The minimum Gasteiger partial charge on any atom is -0.377 e. The smallest absolute Gasteiger partial charge is 0.0728 e. The van der Waals surface area contributed by atoms with Gasteiger partial charge in [0, 0.05) is 36.8 Å². The van der Waals surface area contributed by atoms with E-state index in [-0.39, 0.29) is 5.54 Å². The molecule has 1 N–H and O–H groups in total. The van der Waals surface area contributed by atoms with E-state index in [2.05, 4.69) is 37.9 Å². The minimum absolute atomic E-state index is 0.234. The first-order valence-electron chi connectivity index (χ1n) is 7.59. The number of ether oxygens (including phenoxy) is 1. The van der Waals surface area contributed by atoms with Gasteiger partial charge in [0.05, 0.1) is 6.10 Å². The summed E-state index contributed by atoms with van der Waals surface area (Å²) in [5, 5.41) is 3.81. The summed E-state index contributed by atoms with van der Waals surface area (Å²) in [5.41, 5.74) is 0.565. The molecule has 1 saturated carbocycles. The highest BCUT2D eigenvalue weighted by Crippen LogP contribution is 2.44. The summed E-state index contributed by atoms with van der Waals surface area (Å²) in [5.74, 6) is 0.897. The number of nitrogens with zero attached hydrogens (tertiary/aromatic N) is 1. The first kappa shape index (κ1) is 12.9. The molecular weight excluding hydrogens is 224 g/mol. The number of piperazine rings is 1. The highest BCUT2D eigenvalue weighted by molar-refractivity contribution is 5.08. The average molecular weight is 252 g/mol. The second-order valence-corrected chi connectivity index (χ2v) is 7.17. The van der Waals surface area contributed by atoms with Crippen LogP contribution in [-0.4, -0.2) is 47.8 Å². The fourth-order valence-electron chi connectivity index (χ4n) is 3.94. The quantitative estimate of drug-likeness (QED) is 0.814. The van der Waals surface area contributed by atoms with Crippen LogP contribution in [0.4, 0.5) is 0 Å². The first-order valence-corrected chi connectivity index (χ1v) is 7.59. The Balaban J connectivity index is 1.80. The Kier molecular flexibility index (Phi) is 3.00. The van der Waals surface area contributed by atoms with Crippen LogP contribution in [0.1, 0.15) is 47.0 Å². The molecular formula is C15H28N2O. The van der Waals surface area contributed by atoms with Gasteiger partial charge in [0.2, 0.25) is 0 Å². The zero-order chi connectivity index (χ0) is 13.0. The van der Waals surface area contributed by atoms with E-state index >= 15 is 0 Å². The Morgan fingerprint density at radius 2 is 1.94 bits per heavy atom. The van der Waals surface area contributed by atoms with Crippen molar-refractivity contribution >= 4 is 0 Å². The van der Waals surface area contributed by atoms with Gasteiger partial charge in [0.15, 0.2) is 0 Å². The highest BCUT2D eigenvalue weighted by Gasteiger charge is 2.51. The van der Waals surface area contributed by atoms with Crippen LogP contribution in [0.2, 0.25) is 0 Å². The average Bonchev–Trinajstić information content (AvgIpc) is 3.12. The van der Waals surface area contributed by atoms with E-state index in [1.165, 1.54) is 25.8 Å². The SMILES string of the molecule is CC1CNC(C)(C2CC2)CN1C1(C)CCOC1C. The molecule has 0 amide bonds. The molecule has 3 heteroatoms.